The van der Waals surface area contributed by atoms with E-state index in [1.165, 1.54) is 31.4 Å². The highest BCUT2D eigenvalue weighted by atomic mass is 19.1. The smallest absolute Gasteiger partial charge is 0.131 e. The number of rotatable bonds is 8. The average Bonchev–Trinajstić information content (AvgIpc) is 2.33. The molecule has 1 aromatic rings. The van der Waals surface area contributed by atoms with Gasteiger partial charge in [0.2, 0.25) is 0 Å². The summed E-state index contributed by atoms with van der Waals surface area (Å²) in [5.41, 5.74) is 0.199. The van der Waals surface area contributed by atoms with E-state index in [0.29, 0.717) is 6.42 Å². The molecule has 1 nitrogen and oxygen atoms in total. The highest BCUT2D eigenvalue weighted by Gasteiger charge is 2.12. The van der Waals surface area contributed by atoms with Crippen LogP contribution in [-0.4, -0.2) is 5.11 Å². The Morgan fingerprint density at radius 2 is 1.72 bits per heavy atom. The molecule has 0 spiro atoms. The normalized spacial score (nSPS) is 12.7. The maximum Gasteiger partial charge on any atom is 0.131 e. The molecule has 1 N–H and O–H groups in total. The number of benzene rings is 1. The third kappa shape index (κ3) is 5.13. The van der Waals surface area contributed by atoms with Crippen LogP contribution in [0.1, 0.15) is 63.5 Å². The van der Waals surface area contributed by atoms with E-state index in [0.717, 1.165) is 25.3 Å². The molecule has 0 saturated carbocycles. The van der Waals surface area contributed by atoms with Gasteiger partial charge in [-0.15, -0.1) is 0 Å². The van der Waals surface area contributed by atoms with Crippen LogP contribution in [0.15, 0.2) is 18.2 Å². The molecule has 0 radical (unpaired) electrons. The lowest BCUT2D eigenvalue weighted by molar-refractivity contribution is 0.158. The molecule has 0 bridgehead atoms. The summed E-state index contributed by atoms with van der Waals surface area (Å²) in [5.74, 6) is -1.27. The highest BCUT2D eigenvalue weighted by Crippen LogP contribution is 2.23. The third-order valence-electron chi connectivity index (χ3n) is 3.15. The van der Waals surface area contributed by atoms with Gasteiger partial charge >= 0.3 is 0 Å². The van der Waals surface area contributed by atoms with Crippen LogP contribution in [0.3, 0.4) is 0 Å². The van der Waals surface area contributed by atoms with Crippen molar-refractivity contribution in [1.82, 2.24) is 0 Å². The molecule has 18 heavy (non-hydrogen) atoms. The fourth-order valence-corrected chi connectivity index (χ4v) is 2.05. The Morgan fingerprint density at radius 1 is 1.06 bits per heavy atom. The minimum absolute atomic E-state index is 0.199. The van der Waals surface area contributed by atoms with Crippen LogP contribution in [0.25, 0.3) is 0 Å². The summed E-state index contributed by atoms with van der Waals surface area (Å²) in [6.07, 6.45) is 6.48. The van der Waals surface area contributed by atoms with Crippen molar-refractivity contribution in [2.75, 3.05) is 0 Å². The quantitative estimate of drug-likeness (QED) is 0.665. The van der Waals surface area contributed by atoms with E-state index < -0.39 is 17.7 Å². The van der Waals surface area contributed by atoms with Gasteiger partial charge in [0.25, 0.3) is 0 Å². The van der Waals surface area contributed by atoms with Gasteiger partial charge in [0.15, 0.2) is 0 Å². The summed E-state index contributed by atoms with van der Waals surface area (Å²) in [6, 6.07) is 3.33. The molecule has 1 aromatic carbocycles. The second-order valence-electron chi connectivity index (χ2n) is 4.74. The lowest BCUT2D eigenvalue weighted by atomic mass is 10.0. The summed E-state index contributed by atoms with van der Waals surface area (Å²) in [6.45, 7) is 2.17. The zero-order chi connectivity index (χ0) is 13.4. The van der Waals surface area contributed by atoms with E-state index in [9.17, 15) is 13.9 Å². The minimum atomic E-state index is -0.822. The maximum absolute atomic E-state index is 13.4. The molecular weight excluding hydrogens is 234 g/mol. The molecule has 1 atom stereocenters. The van der Waals surface area contributed by atoms with Crippen molar-refractivity contribution < 1.29 is 13.9 Å². The fraction of sp³-hybridized carbons (Fsp3) is 0.600. The molecule has 1 rings (SSSR count). The molecule has 0 aliphatic carbocycles. The zero-order valence-electron chi connectivity index (χ0n) is 11.0. The van der Waals surface area contributed by atoms with Gasteiger partial charge in [0.05, 0.1) is 6.10 Å². The first kappa shape index (κ1) is 15.1. The Bertz CT molecular complexity index is 352. The van der Waals surface area contributed by atoms with Crippen LogP contribution in [0.5, 0.6) is 0 Å². The van der Waals surface area contributed by atoms with Gasteiger partial charge < -0.3 is 5.11 Å². The van der Waals surface area contributed by atoms with E-state index in [1.54, 1.807) is 0 Å². The predicted octanol–water partition coefficient (Wildman–Crippen LogP) is 4.75. The van der Waals surface area contributed by atoms with Crippen molar-refractivity contribution in [3.63, 3.8) is 0 Å². The first-order valence-electron chi connectivity index (χ1n) is 6.78. The molecule has 0 heterocycles. The standard InChI is InChI=1S/C15H22F2O/c1-2-3-4-5-6-7-8-15(18)13-10-9-12(16)11-14(13)17/h9-11,15,18H,2-8H2,1H3. The predicted molar refractivity (Wildman–Crippen MR) is 69.3 cm³/mol. The second-order valence-corrected chi connectivity index (χ2v) is 4.74. The lowest BCUT2D eigenvalue weighted by Crippen LogP contribution is -2.01. The Morgan fingerprint density at radius 3 is 2.39 bits per heavy atom. The molecule has 0 aliphatic heterocycles. The largest absolute Gasteiger partial charge is 0.388 e. The second kappa shape index (κ2) is 8.20. The maximum atomic E-state index is 13.4. The molecule has 0 saturated heterocycles. The first-order valence-corrected chi connectivity index (χ1v) is 6.78. The Labute approximate surface area is 108 Å². The van der Waals surface area contributed by atoms with E-state index in [1.807, 2.05) is 0 Å². The lowest BCUT2D eigenvalue weighted by Gasteiger charge is -2.11. The summed E-state index contributed by atoms with van der Waals surface area (Å²) in [4.78, 5) is 0. The van der Waals surface area contributed by atoms with Crippen LogP contribution >= 0.6 is 0 Å². The van der Waals surface area contributed by atoms with Crippen LogP contribution in [-0.2, 0) is 0 Å². The number of aliphatic hydroxyl groups is 1. The van der Waals surface area contributed by atoms with Gasteiger partial charge in [0.1, 0.15) is 11.6 Å². The molecule has 0 fully saturated rings. The number of unbranched alkanes of at least 4 members (excludes halogenated alkanes) is 5. The summed E-state index contributed by atoms with van der Waals surface area (Å²) < 4.78 is 26.1. The molecule has 0 amide bonds. The summed E-state index contributed by atoms with van der Waals surface area (Å²) in [7, 11) is 0. The van der Waals surface area contributed by atoms with E-state index in [2.05, 4.69) is 6.92 Å². The molecule has 102 valence electrons. The fourth-order valence-electron chi connectivity index (χ4n) is 2.05. The van der Waals surface area contributed by atoms with Gasteiger partial charge in [-0.3, -0.25) is 0 Å². The summed E-state index contributed by atoms with van der Waals surface area (Å²) >= 11 is 0. The molecule has 1 unspecified atom stereocenters. The van der Waals surface area contributed by atoms with Crippen molar-refractivity contribution in [2.45, 2.75) is 58.0 Å². The van der Waals surface area contributed by atoms with Crippen molar-refractivity contribution >= 4 is 0 Å². The number of aliphatic hydroxyl groups excluding tert-OH is 1. The molecular formula is C15H22F2O. The van der Waals surface area contributed by atoms with Crippen LogP contribution in [0.4, 0.5) is 8.78 Å². The molecule has 3 heteroatoms. The SMILES string of the molecule is CCCCCCCCC(O)c1ccc(F)cc1F. The van der Waals surface area contributed by atoms with Gasteiger partial charge in [0, 0.05) is 11.6 Å². The number of hydrogen-bond acceptors (Lipinski definition) is 1. The van der Waals surface area contributed by atoms with Crippen LogP contribution < -0.4 is 0 Å². The van der Waals surface area contributed by atoms with Crippen LogP contribution in [0.2, 0.25) is 0 Å². The topological polar surface area (TPSA) is 20.2 Å². The monoisotopic (exact) mass is 256 g/mol. The first-order chi connectivity index (χ1) is 8.65. The van der Waals surface area contributed by atoms with Gasteiger partial charge in [-0.2, -0.15) is 0 Å². The molecule has 0 aliphatic rings. The average molecular weight is 256 g/mol. The van der Waals surface area contributed by atoms with Gasteiger partial charge in [-0.25, -0.2) is 8.78 Å². The minimum Gasteiger partial charge on any atom is -0.388 e. The van der Waals surface area contributed by atoms with Crippen molar-refractivity contribution in [2.24, 2.45) is 0 Å². The highest BCUT2D eigenvalue weighted by molar-refractivity contribution is 5.20. The molecule has 0 aromatic heterocycles. The van der Waals surface area contributed by atoms with Gasteiger partial charge in [-0.05, 0) is 12.5 Å². The Hall–Kier alpha value is -0.960. The Kier molecular flexibility index (Phi) is 6.88. The third-order valence-corrected chi connectivity index (χ3v) is 3.15. The van der Waals surface area contributed by atoms with Crippen molar-refractivity contribution in [3.05, 3.63) is 35.4 Å². The van der Waals surface area contributed by atoms with E-state index in [-0.39, 0.29) is 5.56 Å². The zero-order valence-corrected chi connectivity index (χ0v) is 11.0. The van der Waals surface area contributed by atoms with Crippen LogP contribution in [0, 0.1) is 11.6 Å². The Balaban J connectivity index is 2.29. The van der Waals surface area contributed by atoms with Gasteiger partial charge in [-0.1, -0.05) is 51.5 Å². The number of hydrogen-bond donors (Lipinski definition) is 1. The van der Waals surface area contributed by atoms with E-state index in [4.69, 9.17) is 0 Å². The van der Waals surface area contributed by atoms with Crippen molar-refractivity contribution in [3.8, 4) is 0 Å². The van der Waals surface area contributed by atoms with Crippen molar-refractivity contribution in [1.29, 1.82) is 0 Å². The number of halogens is 2. The van der Waals surface area contributed by atoms with E-state index >= 15 is 0 Å². The summed E-state index contributed by atoms with van der Waals surface area (Å²) in [5, 5.41) is 9.83.